The number of hydrogen-bond acceptors (Lipinski definition) is 4. The molecule has 0 N–H and O–H groups in total. The van der Waals surface area contributed by atoms with Crippen molar-refractivity contribution in [2.75, 3.05) is 6.54 Å². The van der Waals surface area contributed by atoms with Crippen LogP contribution in [0.2, 0.25) is 0 Å². The molecule has 6 nitrogen and oxygen atoms in total. The molecule has 0 radical (unpaired) electrons. The van der Waals surface area contributed by atoms with Crippen LogP contribution in [-0.2, 0) is 32.7 Å². The highest BCUT2D eigenvalue weighted by Crippen LogP contribution is 2.39. The summed E-state index contributed by atoms with van der Waals surface area (Å²) in [5.74, 6) is -0.199. The summed E-state index contributed by atoms with van der Waals surface area (Å²) in [6.45, 7) is 4.59. The molecule has 176 valence electrons. The smallest absolute Gasteiger partial charge is 0.243 e. The topological polar surface area (TPSA) is 66.9 Å². The van der Waals surface area contributed by atoms with Crippen LogP contribution in [0.1, 0.15) is 35.3 Å². The van der Waals surface area contributed by atoms with Crippen LogP contribution in [0.4, 0.5) is 0 Å². The van der Waals surface area contributed by atoms with E-state index in [2.05, 4.69) is 0 Å². The van der Waals surface area contributed by atoms with E-state index in [1.807, 2.05) is 61.5 Å². The van der Waals surface area contributed by atoms with Crippen molar-refractivity contribution in [2.24, 2.45) is 0 Å². The van der Waals surface area contributed by atoms with Gasteiger partial charge in [-0.15, -0.1) is 0 Å². The summed E-state index contributed by atoms with van der Waals surface area (Å²) in [7, 11) is -3.85. The Morgan fingerprint density at radius 3 is 2.35 bits per heavy atom. The van der Waals surface area contributed by atoms with Crippen molar-refractivity contribution in [1.29, 1.82) is 0 Å². The number of piperazine rings is 1. The maximum absolute atomic E-state index is 13.6. The van der Waals surface area contributed by atoms with Crippen LogP contribution in [0.5, 0.6) is 0 Å². The van der Waals surface area contributed by atoms with Gasteiger partial charge in [-0.3, -0.25) is 4.79 Å². The van der Waals surface area contributed by atoms with Gasteiger partial charge in [0, 0.05) is 13.1 Å². The molecule has 3 aromatic rings. The minimum Gasteiger partial charge on any atom is -0.367 e. The summed E-state index contributed by atoms with van der Waals surface area (Å²) >= 11 is 0. The van der Waals surface area contributed by atoms with Gasteiger partial charge in [-0.1, -0.05) is 72.3 Å². The lowest BCUT2D eigenvalue weighted by Crippen LogP contribution is -2.64. The zero-order chi connectivity index (χ0) is 23.9. The quantitative estimate of drug-likeness (QED) is 0.557. The first-order valence-corrected chi connectivity index (χ1v) is 12.9. The van der Waals surface area contributed by atoms with Gasteiger partial charge in [-0.2, -0.15) is 4.31 Å². The minimum absolute atomic E-state index is 0.177. The van der Waals surface area contributed by atoms with E-state index >= 15 is 0 Å². The highest BCUT2D eigenvalue weighted by atomic mass is 32.2. The molecule has 34 heavy (non-hydrogen) atoms. The number of rotatable bonds is 5. The molecule has 0 spiro atoms. The van der Waals surface area contributed by atoms with Crippen molar-refractivity contribution in [1.82, 2.24) is 9.21 Å². The van der Waals surface area contributed by atoms with Crippen LogP contribution < -0.4 is 0 Å². The Balaban J connectivity index is 1.51. The fraction of sp³-hybridized carbons (Fsp3) is 0.296. The van der Waals surface area contributed by atoms with Crippen molar-refractivity contribution in [2.45, 2.75) is 50.1 Å². The highest BCUT2D eigenvalue weighted by Gasteiger charge is 2.49. The van der Waals surface area contributed by atoms with Gasteiger partial charge in [-0.25, -0.2) is 8.42 Å². The minimum atomic E-state index is -3.85. The van der Waals surface area contributed by atoms with Crippen molar-refractivity contribution in [3.8, 4) is 0 Å². The standard InChI is InChI=1S/C27H28N2O4S/c1-19-12-14-23(15-13-19)34(31,32)29-17-25-26(33-18-21-8-4-3-5-9-21)24-11-7-6-10-22(24)16-28(25)27(30)20(29)2/h3-15,20,25-26H,16-18H2,1-2H3/t20-,25-,26+/m0/s1. The van der Waals surface area contributed by atoms with E-state index in [1.54, 1.807) is 36.1 Å². The van der Waals surface area contributed by atoms with E-state index in [0.29, 0.717) is 13.2 Å². The van der Waals surface area contributed by atoms with Crippen molar-refractivity contribution in [3.63, 3.8) is 0 Å². The third-order valence-corrected chi connectivity index (χ3v) is 8.74. The van der Waals surface area contributed by atoms with Gasteiger partial charge >= 0.3 is 0 Å². The van der Waals surface area contributed by atoms with Gasteiger partial charge < -0.3 is 9.64 Å². The summed E-state index contributed by atoms with van der Waals surface area (Å²) in [4.78, 5) is 15.5. The largest absolute Gasteiger partial charge is 0.367 e. The number of hydrogen-bond donors (Lipinski definition) is 0. The molecule has 2 aliphatic heterocycles. The molecule has 5 rings (SSSR count). The summed E-state index contributed by atoms with van der Waals surface area (Å²) in [6, 6.07) is 23.4. The molecular formula is C27H28N2O4S. The van der Waals surface area contributed by atoms with Crippen LogP contribution in [0.25, 0.3) is 0 Å². The molecule has 0 aliphatic carbocycles. The lowest BCUT2D eigenvalue weighted by molar-refractivity contribution is -0.151. The maximum Gasteiger partial charge on any atom is 0.243 e. The van der Waals surface area contributed by atoms with E-state index in [1.165, 1.54) is 4.31 Å². The Hall–Kier alpha value is -3.00. The first-order valence-electron chi connectivity index (χ1n) is 11.5. The second-order valence-electron chi connectivity index (χ2n) is 9.01. The molecular weight excluding hydrogens is 448 g/mol. The molecule has 1 fully saturated rings. The number of carbonyl (C=O) groups is 1. The van der Waals surface area contributed by atoms with Crippen LogP contribution in [0.15, 0.2) is 83.8 Å². The van der Waals surface area contributed by atoms with Gasteiger partial charge in [-0.05, 0) is 42.7 Å². The van der Waals surface area contributed by atoms with Crippen LogP contribution in [0.3, 0.4) is 0 Å². The number of sulfonamides is 1. The first kappa shape index (κ1) is 22.8. The van der Waals surface area contributed by atoms with Gasteiger partial charge in [0.15, 0.2) is 0 Å². The molecule has 0 aromatic heterocycles. The molecule has 2 aliphatic rings. The molecule has 3 aromatic carbocycles. The highest BCUT2D eigenvalue weighted by molar-refractivity contribution is 7.89. The van der Waals surface area contributed by atoms with E-state index < -0.39 is 28.2 Å². The third-order valence-electron chi connectivity index (χ3n) is 6.79. The lowest BCUT2D eigenvalue weighted by atomic mass is 9.88. The molecule has 3 atom stereocenters. The van der Waals surface area contributed by atoms with E-state index in [0.717, 1.165) is 22.3 Å². The second kappa shape index (κ2) is 8.98. The van der Waals surface area contributed by atoms with Gasteiger partial charge in [0.2, 0.25) is 15.9 Å². The lowest BCUT2D eigenvalue weighted by Gasteiger charge is -2.49. The van der Waals surface area contributed by atoms with Crippen LogP contribution >= 0.6 is 0 Å². The molecule has 2 heterocycles. The van der Waals surface area contributed by atoms with Crippen LogP contribution in [0, 0.1) is 6.92 Å². The molecule has 1 saturated heterocycles. The average molecular weight is 477 g/mol. The van der Waals surface area contributed by atoms with Crippen molar-refractivity contribution in [3.05, 3.63) is 101 Å². The van der Waals surface area contributed by atoms with Crippen molar-refractivity contribution < 1.29 is 17.9 Å². The normalized spacial score (nSPS) is 22.8. The number of benzene rings is 3. The average Bonchev–Trinajstić information content (AvgIpc) is 2.85. The number of nitrogens with zero attached hydrogens (tertiary/aromatic N) is 2. The Labute approximate surface area is 200 Å². The van der Waals surface area contributed by atoms with Crippen molar-refractivity contribution >= 4 is 15.9 Å². The predicted octanol–water partition coefficient (Wildman–Crippen LogP) is 4.06. The SMILES string of the molecule is Cc1ccc(S(=O)(=O)N2C[C@H]3[C@H](OCc4ccccc4)c4ccccc4CN3C(=O)[C@@H]2C)cc1. The summed E-state index contributed by atoms with van der Waals surface area (Å²) < 4.78 is 34.9. The van der Waals surface area contributed by atoms with Gasteiger partial charge in [0.05, 0.1) is 17.5 Å². The molecule has 0 bridgehead atoms. The molecule has 0 unspecified atom stereocenters. The number of ether oxygens (including phenoxy) is 1. The maximum atomic E-state index is 13.6. The van der Waals surface area contributed by atoms with Gasteiger partial charge in [0.1, 0.15) is 12.1 Å². The molecule has 0 saturated carbocycles. The fourth-order valence-corrected chi connectivity index (χ4v) is 6.49. The Morgan fingerprint density at radius 1 is 0.941 bits per heavy atom. The number of aryl methyl sites for hydroxylation is 1. The molecule has 1 amide bonds. The fourth-order valence-electron chi connectivity index (χ4n) is 4.88. The number of fused-ring (bicyclic) bond motifs is 2. The second-order valence-corrected chi connectivity index (χ2v) is 10.9. The number of amides is 1. The van der Waals surface area contributed by atoms with E-state index in [-0.39, 0.29) is 17.3 Å². The zero-order valence-electron chi connectivity index (χ0n) is 19.3. The monoisotopic (exact) mass is 476 g/mol. The van der Waals surface area contributed by atoms with E-state index in [4.69, 9.17) is 4.74 Å². The Kier molecular flexibility index (Phi) is 6.02. The summed E-state index contributed by atoms with van der Waals surface area (Å²) in [6.07, 6.45) is -0.433. The van der Waals surface area contributed by atoms with Crippen LogP contribution in [-0.4, -0.2) is 42.2 Å². The zero-order valence-corrected chi connectivity index (χ0v) is 20.1. The van der Waals surface area contributed by atoms with Gasteiger partial charge in [0.25, 0.3) is 0 Å². The Morgan fingerprint density at radius 2 is 1.62 bits per heavy atom. The first-order chi connectivity index (χ1) is 16.4. The Bertz CT molecular complexity index is 1290. The van der Waals surface area contributed by atoms with E-state index in [9.17, 15) is 13.2 Å². The summed E-state index contributed by atoms with van der Waals surface area (Å²) in [5, 5.41) is 0. The third kappa shape index (κ3) is 4.04. The number of carbonyl (C=O) groups excluding carboxylic acids is 1. The summed E-state index contributed by atoms with van der Waals surface area (Å²) in [5.41, 5.74) is 4.05. The molecule has 7 heteroatoms. The predicted molar refractivity (Wildman–Crippen MR) is 129 cm³/mol.